The summed E-state index contributed by atoms with van der Waals surface area (Å²) in [6, 6.07) is 4.08. The predicted molar refractivity (Wildman–Crippen MR) is 60.2 cm³/mol. The number of nitrogens with one attached hydrogen (secondary N) is 1. The normalized spacial score (nSPS) is 11.4. The van der Waals surface area contributed by atoms with E-state index in [2.05, 4.69) is 31.8 Å². The SMILES string of the molecule is Cc1c(C(C)C)ccc2oc(=S)[nH]c12. The Morgan fingerprint density at radius 1 is 1.36 bits per heavy atom. The van der Waals surface area contributed by atoms with Crippen molar-refractivity contribution in [2.75, 3.05) is 0 Å². The molecule has 0 aliphatic rings. The molecule has 1 N–H and O–H groups in total. The molecule has 0 unspecified atom stereocenters. The van der Waals surface area contributed by atoms with E-state index in [0.29, 0.717) is 10.8 Å². The Morgan fingerprint density at radius 3 is 2.71 bits per heavy atom. The molecular formula is C11H13NOS. The Morgan fingerprint density at radius 2 is 2.07 bits per heavy atom. The van der Waals surface area contributed by atoms with Gasteiger partial charge in [0, 0.05) is 0 Å². The fraction of sp³-hybridized carbons (Fsp3) is 0.364. The molecule has 0 spiro atoms. The fourth-order valence-electron chi connectivity index (χ4n) is 1.80. The zero-order valence-corrected chi connectivity index (χ0v) is 9.37. The number of oxazole rings is 1. The molecule has 1 heterocycles. The average molecular weight is 207 g/mol. The Balaban J connectivity index is 2.80. The van der Waals surface area contributed by atoms with Crippen LogP contribution in [0.2, 0.25) is 0 Å². The molecule has 0 bridgehead atoms. The lowest BCUT2D eigenvalue weighted by atomic mass is 9.97. The van der Waals surface area contributed by atoms with Crippen LogP contribution in [0.3, 0.4) is 0 Å². The molecule has 2 nitrogen and oxygen atoms in total. The second-order valence-electron chi connectivity index (χ2n) is 3.82. The highest BCUT2D eigenvalue weighted by Gasteiger charge is 2.09. The van der Waals surface area contributed by atoms with E-state index in [-0.39, 0.29) is 0 Å². The van der Waals surface area contributed by atoms with Gasteiger partial charge in [0.05, 0.1) is 5.52 Å². The summed E-state index contributed by atoms with van der Waals surface area (Å²) in [5.41, 5.74) is 4.44. The monoisotopic (exact) mass is 207 g/mol. The first kappa shape index (κ1) is 9.46. The second-order valence-corrected chi connectivity index (χ2v) is 4.19. The van der Waals surface area contributed by atoms with Crippen LogP contribution in [0.25, 0.3) is 11.1 Å². The van der Waals surface area contributed by atoms with Crippen molar-refractivity contribution < 1.29 is 4.42 Å². The molecule has 1 aromatic carbocycles. The van der Waals surface area contributed by atoms with E-state index >= 15 is 0 Å². The zero-order chi connectivity index (χ0) is 10.3. The van der Waals surface area contributed by atoms with Crippen LogP contribution in [-0.4, -0.2) is 4.98 Å². The maximum absolute atomic E-state index is 5.34. The molecule has 0 radical (unpaired) electrons. The molecule has 0 fully saturated rings. The van der Waals surface area contributed by atoms with Crippen molar-refractivity contribution in [3.63, 3.8) is 0 Å². The number of fused-ring (bicyclic) bond motifs is 1. The third kappa shape index (κ3) is 1.38. The molecule has 1 aromatic heterocycles. The van der Waals surface area contributed by atoms with Gasteiger partial charge in [-0.1, -0.05) is 19.9 Å². The van der Waals surface area contributed by atoms with E-state index in [1.165, 1.54) is 11.1 Å². The second kappa shape index (κ2) is 3.24. The number of aromatic nitrogens is 1. The lowest BCUT2D eigenvalue weighted by Gasteiger charge is -2.08. The van der Waals surface area contributed by atoms with E-state index in [1.807, 2.05) is 6.07 Å². The number of benzene rings is 1. The van der Waals surface area contributed by atoms with Gasteiger partial charge in [0.15, 0.2) is 5.58 Å². The molecule has 3 heteroatoms. The Labute approximate surface area is 87.9 Å². The minimum absolute atomic E-state index is 0.448. The third-order valence-corrected chi connectivity index (χ3v) is 2.71. The summed E-state index contributed by atoms with van der Waals surface area (Å²) >= 11 is 4.96. The van der Waals surface area contributed by atoms with Gasteiger partial charge >= 0.3 is 0 Å². The van der Waals surface area contributed by atoms with Crippen LogP contribution in [0, 0.1) is 11.8 Å². The van der Waals surface area contributed by atoms with Gasteiger partial charge in [-0.05, 0) is 42.3 Å². The van der Waals surface area contributed by atoms with Crippen molar-refractivity contribution in [3.8, 4) is 0 Å². The molecule has 0 saturated carbocycles. The number of rotatable bonds is 1. The van der Waals surface area contributed by atoms with Crippen LogP contribution in [0.5, 0.6) is 0 Å². The summed E-state index contributed by atoms with van der Waals surface area (Å²) in [5.74, 6) is 0.524. The van der Waals surface area contributed by atoms with E-state index in [0.717, 1.165) is 11.1 Å². The van der Waals surface area contributed by atoms with Crippen molar-refractivity contribution in [3.05, 3.63) is 28.1 Å². The van der Waals surface area contributed by atoms with E-state index in [9.17, 15) is 0 Å². The van der Waals surface area contributed by atoms with Gasteiger partial charge in [0.2, 0.25) is 0 Å². The molecule has 14 heavy (non-hydrogen) atoms. The smallest absolute Gasteiger partial charge is 0.266 e. The fourth-order valence-corrected chi connectivity index (χ4v) is 1.99. The Kier molecular flexibility index (Phi) is 2.19. The summed E-state index contributed by atoms with van der Waals surface area (Å²) < 4.78 is 5.34. The lowest BCUT2D eigenvalue weighted by molar-refractivity contribution is 0.583. The third-order valence-electron chi connectivity index (χ3n) is 2.52. The first-order valence-electron chi connectivity index (χ1n) is 4.72. The molecule has 0 saturated heterocycles. The van der Waals surface area contributed by atoms with Crippen LogP contribution >= 0.6 is 12.2 Å². The first-order chi connectivity index (χ1) is 6.59. The molecule has 0 amide bonds. The van der Waals surface area contributed by atoms with Crippen molar-refractivity contribution in [1.82, 2.24) is 4.98 Å². The van der Waals surface area contributed by atoms with Gasteiger partial charge in [-0.25, -0.2) is 0 Å². The maximum atomic E-state index is 5.34. The molecule has 0 atom stereocenters. The van der Waals surface area contributed by atoms with Gasteiger partial charge in [-0.2, -0.15) is 0 Å². The number of aromatic amines is 1. The Hall–Kier alpha value is -1.09. The summed E-state index contributed by atoms with van der Waals surface area (Å²) in [4.78, 5) is 3.52. The summed E-state index contributed by atoms with van der Waals surface area (Å²) in [6.45, 7) is 6.46. The topological polar surface area (TPSA) is 28.9 Å². The standard InChI is InChI=1S/C11H13NOS/c1-6(2)8-4-5-9-10(7(8)3)12-11(14)13-9/h4-6H,1-3H3,(H,12,14). The van der Waals surface area contributed by atoms with Crippen LogP contribution in [0.4, 0.5) is 0 Å². The van der Waals surface area contributed by atoms with Gasteiger partial charge in [-0.15, -0.1) is 0 Å². The first-order valence-corrected chi connectivity index (χ1v) is 5.12. The van der Waals surface area contributed by atoms with Crippen molar-refractivity contribution in [1.29, 1.82) is 0 Å². The van der Waals surface area contributed by atoms with Crippen molar-refractivity contribution >= 4 is 23.3 Å². The zero-order valence-electron chi connectivity index (χ0n) is 8.55. The van der Waals surface area contributed by atoms with Crippen LogP contribution in [-0.2, 0) is 0 Å². The lowest BCUT2D eigenvalue weighted by Crippen LogP contribution is -1.92. The Bertz CT molecular complexity index is 522. The maximum Gasteiger partial charge on any atom is 0.266 e. The molecule has 0 aliphatic heterocycles. The molecule has 0 aliphatic carbocycles. The van der Waals surface area contributed by atoms with Crippen LogP contribution in [0.15, 0.2) is 16.5 Å². The highest BCUT2D eigenvalue weighted by molar-refractivity contribution is 7.71. The summed E-state index contributed by atoms with van der Waals surface area (Å²) in [7, 11) is 0. The van der Waals surface area contributed by atoms with Crippen molar-refractivity contribution in [2.45, 2.75) is 26.7 Å². The van der Waals surface area contributed by atoms with Crippen LogP contribution in [0.1, 0.15) is 30.9 Å². The van der Waals surface area contributed by atoms with Gasteiger partial charge in [-0.3, -0.25) is 0 Å². The minimum atomic E-state index is 0.448. The highest BCUT2D eigenvalue weighted by Crippen LogP contribution is 2.26. The van der Waals surface area contributed by atoms with Gasteiger partial charge in [0.25, 0.3) is 4.84 Å². The molecule has 2 rings (SSSR count). The van der Waals surface area contributed by atoms with E-state index in [4.69, 9.17) is 16.6 Å². The largest absolute Gasteiger partial charge is 0.429 e. The number of aryl methyl sites for hydroxylation is 1. The predicted octanol–water partition coefficient (Wildman–Crippen LogP) is 3.92. The van der Waals surface area contributed by atoms with Crippen molar-refractivity contribution in [2.24, 2.45) is 0 Å². The van der Waals surface area contributed by atoms with E-state index < -0.39 is 0 Å². The number of hydrogen-bond acceptors (Lipinski definition) is 2. The van der Waals surface area contributed by atoms with Gasteiger partial charge < -0.3 is 9.40 Å². The summed E-state index contributed by atoms with van der Waals surface area (Å²) in [5, 5.41) is 0. The number of hydrogen-bond donors (Lipinski definition) is 1. The molecule has 74 valence electrons. The van der Waals surface area contributed by atoms with Gasteiger partial charge in [0.1, 0.15) is 0 Å². The number of H-pyrrole nitrogens is 1. The quantitative estimate of drug-likeness (QED) is 0.718. The van der Waals surface area contributed by atoms with E-state index in [1.54, 1.807) is 0 Å². The highest BCUT2D eigenvalue weighted by atomic mass is 32.1. The molecular weight excluding hydrogens is 194 g/mol. The van der Waals surface area contributed by atoms with Crippen LogP contribution < -0.4 is 0 Å². The molecule has 2 aromatic rings. The summed E-state index contributed by atoms with van der Waals surface area (Å²) in [6.07, 6.45) is 0. The average Bonchev–Trinajstić information content (AvgIpc) is 2.46. The minimum Gasteiger partial charge on any atom is -0.429 e.